The molecule has 1 fully saturated rings. The molecule has 1 aliphatic carbocycles. The van der Waals surface area contributed by atoms with Crippen molar-refractivity contribution in [1.29, 1.82) is 0 Å². The molecule has 1 heterocycles. The summed E-state index contributed by atoms with van der Waals surface area (Å²) < 4.78 is 0. The molecular formula is C17H25N3O. The number of hydrogen-bond donors (Lipinski definition) is 0. The fourth-order valence-corrected chi connectivity index (χ4v) is 2.13. The molecule has 1 aromatic heterocycles. The van der Waals surface area contributed by atoms with Gasteiger partial charge in [-0.1, -0.05) is 12.1 Å². The minimum absolute atomic E-state index is 0.101. The Labute approximate surface area is 127 Å². The second kappa shape index (κ2) is 7.36. The van der Waals surface area contributed by atoms with E-state index in [1.807, 2.05) is 49.2 Å². The molecule has 114 valence electrons. The molecule has 0 aromatic carbocycles. The molecule has 0 unspecified atom stereocenters. The number of pyridine rings is 1. The summed E-state index contributed by atoms with van der Waals surface area (Å²) in [5.41, 5.74) is 2.10. The smallest absolute Gasteiger partial charge is 0.246 e. The van der Waals surface area contributed by atoms with E-state index in [1.54, 1.807) is 6.08 Å². The van der Waals surface area contributed by atoms with E-state index in [1.165, 1.54) is 12.8 Å². The topological polar surface area (TPSA) is 36.4 Å². The number of carbonyl (C=O) groups excluding carboxylic acids is 1. The van der Waals surface area contributed by atoms with Gasteiger partial charge in [0.2, 0.25) is 5.91 Å². The first kappa shape index (κ1) is 15.7. The summed E-state index contributed by atoms with van der Waals surface area (Å²) in [5.74, 6) is 0.791. The van der Waals surface area contributed by atoms with Gasteiger partial charge < -0.3 is 9.80 Å². The van der Waals surface area contributed by atoms with Gasteiger partial charge in [0.05, 0.1) is 0 Å². The number of aryl methyl sites for hydroxylation is 1. The van der Waals surface area contributed by atoms with Gasteiger partial charge in [-0.3, -0.25) is 9.78 Å². The molecule has 1 aliphatic rings. The average molecular weight is 287 g/mol. The SMILES string of the molecule is Cc1ccc(CN(CC2CC2)C(=O)/C=C/CN(C)C)cn1. The van der Waals surface area contributed by atoms with Gasteiger partial charge in [0.25, 0.3) is 0 Å². The molecule has 1 amide bonds. The zero-order valence-electron chi connectivity index (χ0n) is 13.2. The van der Waals surface area contributed by atoms with Crippen LogP contribution in [0.2, 0.25) is 0 Å². The third-order valence-electron chi connectivity index (χ3n) is 3.56. The molecule has 4 nitrogen and oxygen atoms in total. The number of aromatic nitrogens is 1. The average Bonchev–Trinajstić information content (AvgIpc) is 3.24. The third-order valence-corrected chi connectivity index (χ3v) is 3.56. The van der Waals surface area contributed by atoms with E-state index in [0.717, 1.165) is 24.3 Å². The summed E-state index contributed by atoms with van der Waals surface area (Å²) in [5, 5.41) is 0. The summed E-state index contributed by atoms with van der Waals surface area (Å²) >= 11 is 0. The van der Waals surface area contributed by atoms with Crippen LogP contribution in [0.15, 0.2) is 30.5 Å². The molecule has 0 aliphatic heterocycles. The molecule has 0 N–H and O–H groups in total. The highest BCUT2D eigenvalue weighted by Gasteiger charge is 2.26. The van der Waals surface area contributed by atoms with Gasteiger partial charge in [-0.25, -0.2) is 0 Å². The molecule has 0 saturated heterocycles. The first-order chi connectivity index (χ1) is 10.0. The summed E-state index contributed by atoms with van der Waals surface area (Å²) in [6.45, 7) is 4.27. The zero-order valence-corrected chi connectivity index (χ0v) is 13.2. The maximum absolute atomic E-state index is 12.4. The highest BCUT2D eigenvalue weighted by atomic mass is 16.2. The molecule has 0 radical (unpaired) electrons. The number of carbonyl (C=O) groups is 1. The molecule has 0 bridgehead atoms. The Morgan fingerprint density at radius 2 is 2.14 bits per heavy atom. The zero-order chi connectivity index (χ0) is 15.2. The Bertz CT molecular complexity index is 489. The monoisotopic (exact) mass is 287 g/mol. The van der Waals surface area contributed by atoms with Crippen LogP contribution in [0.4, 0.5) is 0 Å². The Morgan fingerprint density at radius 3 is 2.71 bits per heavy atom. The molecule has 4 heteroatoms. The van der Waals surface area contributed by atoms with E-state index in [-0.39, 0.29) is 5.91 Å². The summed E-state index contributed by atoms with van der Waals surface area (Å²) in [4.78, 5) is 20.6. The van der Waals surface area contributed by atoms with Crippen LogP contribution >= 0.6 is 0 Å². The minimum Gasteiger partial charge on any atom is -0.335 e. The van der Waals surface area contributed by atoms with E-state index in [2.05, 4.69) is 11.1 Å². The highest BCUT2D eigenvalue weighted by molar-refractivity contribution is 5.87. The second-order valence-corrected chi connectivity index (χ2v) is 6.13. The van der Waals surface area contributed by atoms with Crippen LogP contribution in [0.3, 0.4) is 0 Å². The van der Waals surface area contributed by atoms with Gasteiger partial charge in [-0.15, -0.1) is 0 Å². The molecule has 0 atom stereocenters. The van der Waals surface area contributed by atoms with E-state index in [4.69, 9.17) is 0 Å². The van der Waals surface area contributed by atoms with Crippen molar-refractivity contribution in [2.45, 2.75) is 26.3 Å². The van der Waals surface area contributed by atoms with E-state index in [9.17, 15) is 4.79 Å². The first-order valence-electron chi connectivity index (χ1n) is 7.56. The van der Waals surface area contributed by atoms with Crippen LogP contribution in [0.25, 0.3) is 0 Å². The first-order valence-corrected chi connectivity index (χ1v) is 7.56. The predicted octanol–water partition coefficient (Wildman–Crippen LogP) is 2.25. The predicted molar refractivity (Wildman–Crippen MR) is 84.8 cm³/mol. The number of nitrogens with zero attached hydrogens (tertiary/aromatic N) is 3. The Balaban J connectivity index is 1.97. The summed E-state index contributed by atoms with van der Waals surface area (Å²) in [6, 6.07) is 4.05. The Morgan fingerprint density at radius 1 is 1.38 bits per heavy atom. The number of likely N-dealkylation sites (N-methyl/N-ethyl adjacent to an activating group) is 1. The fraction of sp³-hybridized carbons (Fsp3) is 0.529. The molecule has 1 aromatic rings. The van der Waals surface area contributed by atoms with Crippen LogP contribution in [-0.2, 0) is 11.3 Å². The quantitative estimate of drug-likeness (QED) is 0.722. The van der Waals surface area contributed by atoms with Crippen molar-refractivity contribution in [3.8, 4) is 0 Å². The third kappa shape index (κ3) is 5.68. The van der Waals surface area contributed by atoms with Gasteiger partial charge in [0.15, 0.2) is 0 Å². The van der Waals surface area contributed by atoms with Gasteiger partial charge in [0, 0.05) is 37.6 Å². The van der Waals surface area contributed by atoms with Crippen molar-refractivity contribution in [1.82, 2.24) is 14.8 Å². The van der Waals surface area contributed by atoms with Crippen LogP contribution in [0, 0.1) is 12.8 Å². The van der Waals surface area contributed by atoms with Gasteiger partial charge in [-0.05, 0) is 51.4 Å². The molecule has 0 spiro atoms. The van der Waals surface area contributed by atoms with Crippen LogP contribution < -0.4 is 0 Å². The van der Waals surface area contributed by atoms with Gasteiger partial charge in [0.1, 0.15) is 0 Å². The van der Waals surface area contributed by atoms with Crippen molar-refractivity contribution in [3.05, 3.63) is 41.7 Å². The number of amides is 1. The minimum atomic E-state index is 0.101. The van der Waals surface area contributed by atoms with Crippen LogP contribution in [0.1, 0.15) is 24.1 Å². The lowest BCUT2D eigenvalue weighted by Crippen LogP contribution is -2.31. The molecule has 1 saturated carbocycles. The Hall–Kier alpha value is -1.68. The lowest BCUT2D eigenvalue weighted by molar-refractivity contribution is -0.126. The van der Waals surface area contributed by atoms with Crippen molar-refractivity contribution < 1.29 is 4.79 Å². The lowest BCUT2D eigenvalue weighted by atomic mass is 10.2. The molecule has 2 rings (SSSR count). The fourth-order valence-electron chi connectivity index (χ4n) is 2.13. The number of rotatable bonds is 7. The van der Waals surface area contributed by atoms with Crippen LogP contribution in [-0.4, -0.2) is 47.9 Å². The van der Waals surface area contributed by atoms with Crippen molar-refractivity contribution in [3.63, 3.8) is 0 Å². The van der Waals surface area contributed by atoms with Crippen LogP contribution in [0.5, 0.6) is 0 Å². The highest BCUT2D eigenvalue weighted by Crippen LogP contribution is 2.30. The summed E-state index contributed by atoms with van der Waals surface area (Å²) in [7, 11) is 3.99. The maximum atomic E-state index is 12.4. The van der Waals surface area contributed by atoms with Gasteiger partial charge >= 0.3 is 0 Å². The normalized spacial score (nSPS) is 14.9. The largest absolute Gasteiger partial charge is 0.335 e. The van der Waals surface area contributed by atoms with E-state index >= 15 is 0 Å². The lowest BCUT2D eigenvalue weighted by Gasteiger charge is -2.21. The summed E-state index contributed by atoms with van der Waals surface area (Å²) in [6.07, 6.45) is 7.99. The van der Waals surface area contributed by atoms with E-state index < -0.39 is 0 Å². The second-order valence-electron chi connectivity index (χ2n) is 6.13. The van der Waals surface area contributed by atoms with Crippen molar-refractivity contribution in [2.75, 3.05) is 27.2 Å². The number of hydrogen-bond acceptors (Lipinski definition) is 3. The standard InChI is InChI=1S/C17H25N3O/c1-14-6-7-16(11-18-14)13-20(12-15-8-9-15)17(21)5-4-10-19(2)3/h4-7,11,15H,8-10,12-13H2,1-3H3/b5-4+. The van der Waals surface area contributed by atoms with Crippen molar-refractivity contribution >= 4 is 5.91 Å². The Kier molecular flexibility index (Phi) is 5.51. The van der Waals surface area contributed by atoms with Gasteiger partial charge in [-0.2, -0.15) is 0 Å². The maximum Gasteiger partial charge on any atom is 0.246 e. The molecular weight excluding hydrogens is 262 g/mol. The van der Waals surface area contributed by atoms with E-state index in [0.29, 0.717) is 12.5 Å². The van der Waals surface area contributed by atoms with Crippen molar-refractivity contribution in [2.24, 2.45) is 5.92 Å². The molecule has 21 heavy (non-hydrogen) atoms.